The molecular formula is C60H32N2O4. The molecule has 0 saturated carbocycles. The van der Waals surface area contributed by atoms with Crippen LogP contribution in [0.4, 0.5) is 0 Å². The second-order valence-corrected chi connectivity index (χ2v) is 17.7. The van der Waals surface area contributed by atoms with Crippen LogP contribution < -0.4 is 0 Å². The first-order valence-corrected chi connectivity index (χ1v) is 22.3. The van der Waals surface area contributed by atoms with Gasteiger partial charge in [0.25, 0.3) is 0 Å². The van der Waals surface area contributed by atoms with Gasteiger partial charge in [0.15, 0.2) is 22.3 Å². The Kier molecular flexibility index (Phi) is 6.47. The lowest BCUT2D eigenvalue weighted by Gasteiger charge is -2.12. The number of aromatic nitrogens is 2. The van der Waals surface area contributed by atoms with Crippen molar-refractivity contribution in [1.29, 1.82) is 0 Å². The number of furan rings is 4. The summed E-state index contributed by atoms with van der Waals surface area (Å²) in [5.41, 5.74) is 17.5. The van der Waals surface area contributed by atoms with Crippen molar-refractivity contribution >= 4 is 131 Å². The molecule has 0 aliphatic heterocycles. The van der Waals surface area contributed by atoms with Gasteiger partial charge in [0, 0.05) is 75.7 Å². The lowest BCUT2D eigenvalue weighted by Crippen LogP contribution is -1.87. The molecule has 6 nitrogen and oxygen atoms in total. The molecule has 0 aliphatic rings. The molecule has 0 saturated heterocycles. The minimum absolute atomic E-state index is 0.766. The number of H-pyrrole nitrogens is 2. The van der Waals surface area contributed by atoms with Gasteiger partial charge in [0.05, 0.1) is 11.0 Å². The fourth-order valence-electron chi connectivity index (χ4n) is 11.0. The van der Waals surface area contributed by atoms with Crippen LogP contribution in [-0.4, -0.2) is 9.97 Å². The molecular weight excluding hydrogens is 813 g/mol. The van der Waals surface area contributed by atoms with E-state index in [0.717, 1.165) is 159 Å². The Morgan fingerprint density at radius 1 is 0.227 bits per heavy atom. The largest absolute Gasteiger partial charge is 0.454 e. The van der Waals surface area contributed by atoms with Gasteiger partial charge in [-0.2, -0.15) is 0 Å². The molecule has 16 aromatic rings. The topological polar surface area (TPSA) is 84.1 Å². The van der Waals surface area contributed by atoms with Crippen molar-refractivity contribution in [1.82, 2.24) is 9.97 Å². The summed E-state index contributed by atoms with van der Waals surface area (Å²) in [7, 11) is 0. The number of aromatic amines is 2. The molecule has 66 heavy (non-hydrogen) atoms. The lowest BCUT2D eigenvalue weighted by molar-refractivity contribution is 0.633. The molecule has 2 N–H and O–H groups in total. The van der Waals surface area contributed by atoms with E-state index in [1.807, 2.05) is 30.3 Å². The van der Waals surface area contributed by atoms with Gasteiger partial charge in [-0.25, -0.2) is 0 Å². The number of para-hydroxylation sites is 3. The van der Waals surface area contributed by atoms with E-state index in [2.05, 4.69) is 162 Å². The predicted octanol–water partition coefficient (Wildman–Crippen LogP) is 17.6. The first-order chi connectivity index (χ1) is 32.6. The summed E-state index contributed by atoms with van der Waals surface area (Å²) in [5.74, 6) is 0. The molecule has 306 valence electrons. The summed E-state index contributed by atoms with van der Waals surface area (Å²) in [4.78, 5) is 7.35. The summed E-state index contributed by atoms with van der Waals surface area (Å²) >= 11 is 0. The number of hydrogen-bond donors (Lipinski definition) is 2. The first kappa shape index (κ1) is 34.5. The highest BCUT2D eigenvalue weighted by Gasteiger charge is 2.20. The lowest BCUT2D eigenvalue weighted by atomic mass is 9.92. The van der Waals surface area contributed by atoms with Crippen LogP contribution in [0.5, 0.6) is 0 Å². The van der Waals surface area contributed by atoms with Gasteiger partial charge in [-0.1, -0.05) is 84.9 Å². The molecule has 0 aliphatic carbocycles. The summed E-state index contributed by atoms with van der Waals surface area (Å²) in [6.07, 6.45) is 0. The zero-order valence-electron chi connectivity index (χ0n) is 35.0. The van der Waals surface area contributed by atoms with Crippen LogP contribution in [0.1, 0.15) is 0 Å². The van der Waals surface area contributed by atoms with E-state index in [0.29, 0.717) is 0 Å². The second-order valence-electron chi connectivity index (χ2n) is 17.7. The van der Waals surface area contributed by atoms with Gasteiger partial charge in [0.1, 0.15) is 22.3 Å². The van der Waals surface area contributed by atoms with Gasteiger partial charge in [-0.15, -0.1) is 0 Å². The zero-order valence-corrected chi connectivity index (χ0v) is 35.0. The fourth-order valence-corrected chi connectivity index (χ4v) is 11.0. The summed E-state index contributed by atoms with van der Waals surface area (Å²) in [5, 5.41) is 13.2. The van der Waals surface area contributed by atoms with E-state index in [4.69, 9.17) is 17.7 Å². The van der Waals surface area contributed by atoms with E-state index >= 15 is 0 Å². The summed E-state index contributed by atoms with van der Waals surface area (Å²) in [6, 6.07) is 64.8. The maximum atomic E-state index is 6.64. The molecule has 6 heteroatoms. The quantitative estimate of drug-likeness (QED) is 0.186. The molecule has 0 spiro atoms. The molecule has 0 atom stereocenters. The van der Waals surface area contributed by atoms with Gasteiger partial charge in [-0.05, 0) is 130 Å². The standard InChI is InChI=1S/C60H32N2O4/c1-4-10-49-37(7-1)40-16-19-44-47-29-32(14-23-53(47)64-58(44)55(40)61-49)35-25-34(31-13-22-50-46(28-31)41-17-18-42-38-8-2-5-11-51(38)63-57(42)56(41)62-50)26-36(27-35)33-15-24-54-48(30-33)45-21-20-43-39-9-3-6-12-52(39)65-59(43)60(45)66-54/h1-30,61-62H. The normalized spacial score (nSPS) is 12.5. The Morgan fingerprint density at radius 3 is 1.18 bits per heavy atom. The van der Waals surface area contributed by atoms with E-state index in [1.54, 1.807) is 0 Å². The third-order valence-corrected chi connectivity index (χ3v) is 14.1. The molecule has 0 radical (unpaired) electrons. The van der Waals surface area contributed by atoms with E-state index < -0.39 is 0 Å². The van der Waals surface area contributed by atoms with Crippen molar-refractivity contribution in [2.75, 3.05) is 0 Å². The van der Waals surface area contributed by atoms with Gasteiger partial charge < -0.3 is 27.6 Å². The van der Waals surface area contributed by atoms with Crippen LogP contribution in [-0.2, 0) is 0 Å². The Balaban J connectivity index is 0.900. The summed E-state index contributed by atoms with van der Waals surface area (Å²) < 4.78 is 26.1. The maximum Gasteiger partial charge on any atom is 0.178 e. The Labute approximate surface area is 372 Å². The predicted molar refractivity (Wildman–Crippen MR) is 271 cm³/mol. The molecule has 0 amide bonds. The third-order valence-electron chi connectivity index (χ3n) is 14.1. The average Bonchev–Trinajstić information content (AvgIpc) is 4.22. The zero-order chi connectivity index (χ0) is 42.8. The molecule has 6 heterocycles. The number of rotatable bonds is 3. The Morgan fingerprint density at radius 2 is 0.606 bits per heavy atom. The highest BCUT2D eigenvalue weighted by atomic mass is 16.4. The van der Waals surface area contributed by atoms with Crippen molar-refractivity contribution in [3.8, 4) is 33.4 Å². The highest BCUT2D eigenvalue weighted by molar-refractivity contribution is 6.23. The average molecular weight is 845 g/mol. The van der Waals surface area contributed by atoms with Gasteiger partial charge >= 0.3 is 0 Å². The highest BCUT2D eigenvalue weighted by Crippen LogP contribution is 2.44. The SMILES string of the molecule is c1ccc2c(c1)[nH]c1c2ccc2c3cc(-c4cc(-c5ccc6[nH]c7c(ccc8c9ccccc9oc87)c6c5)cc(-c5ccc6oc7c(ccc8c9ccccc9oc87)c6c5)c4)ccc3oc21. The van der Waals surface area contributed by atoms with Crippen molar-refractivity contribution in [3.05, 3.63) is 182 Å². The van der Waals surface area contributed by atoms with Gasteiger partial charge in [-0.3, -0.25) is 0 Å². The van der Waals surface area contributed by atoms with Crippen molar-refractivity contribution in [2.45, 2.75) is 0 Å². The fraction of sp³-hybridized carbons (Fsp3) is 0. The molecule has 10 aromatic carbocycles. The third kappa shape index (κ3) is 4.64. The van der Waals surface area contributed by atoms with E-state index in [1.165, 1.54) is 5.39 Å². The number of benzene rings is 10. The molecule has 6 aromatic heterocycles. The van der Waals surface area contributed by atoms with Crippen LogP contribution in [0.15, 0.2) is 200 Å². The maximum absolute atomic E-state index is 6.64. The first-order valence-electron chi connectivity index (χ1n) is 22.3. The minimum atomic E-state index is 0.766. The summed E-state index contributed by atoms with van der Waals surface area (Å²) in [6.45, 7) is 0. The van der Waals surface area contributed by atoms with Crippen LogP contribution >= 0.6 is 0 Å². The molecule has 0 bridgehead atoms. The Bertz CT molecular complexity index is 4280. The Hall–Kier alpha value is -9.00. The molecule has 0 unspecified atom stereocenters. The monoisotopic (exact) mass is 844 g/mol. The van der Waals surface area contributed by atoms with Crippen molar-refractivity contribution < 1.29 is 17.7 Å². The number of hydrogen-bond acceptors (Lipinski definition) is 4. The number of fused-ring (bicyclic) bond motifs is 21. The van der Waals surface area contributed by atoms with Crippen molar-refractivity contribution in [2.24, 2.45) is 0 Å². The van der Waals surface area contributed by atoms with Crippen LogP contribution in [0.3, 0.4) is 0 Å². The second kappa shape index (κ2) is 12.4. The van der Waals surface area contributed by atoms with Gasteiger partial charge in [0.2, 0.25) is 0 Å². The van der Waals surface area contributed by atoms with E-state index in [-0.39, 0.29) is 0 Å². The molecule has 0 fully saturated rings. The van der Waals surface area contributed by atoms with E-state index in [9.17, 15) is 0 Å². The number of nitrogens with one attached hydrogen (secondary N) is 2. The molecule has 16 rings (SSSR count). The minimum Gasteiger partial charge on any atom is -0.454 e. The van der Waals surface area contributed by atoms with Crippen LogP contribution in [0.2, 0.25) is 0 Å². The smallest absolute Gasteiger partial charge is 0.178 e. The van der Waals surface area contributed by atoms with Crippen LogP contribution in [0.25, 0.3) is 165 Å². The van der Waals surface area contributed by atoms with Crippen LogP contribution in [0, 0.1) is 0 Å². The van der Waals surface area contributed by atoms with Crippen molar-refractivity contribution in [3.63, 3.8) is 0 Å².